The Bertz CT molecular complexity index is 1140. The van der Waals surface area contributed by atoms with Gasteiger partial charge in [-0.1, -0.05) is 90.8 Å². The summed E-state index contributed by atoms with van der Waals surface area (Å²) in [4.78, 5) is 6.94. The number of aryl methyl sites for hydroxylation is 1. The fourth-order valence-corrected chi connectivity index (χ4v) is 3.90. The van der Waals surface area contributed by atoms with E-state index in [-0.39, 0.29) is 0 Å². The number of halogens is 1. The number of pyridine rings is 1. The topological polar surface area (TPSA) is 39.9 Å². The van der Waals surface area contributed by atoms with Crippen LogP contribution in [0.4, 0.5) is 4.39 Å². The molecule has 0 unspecified atom stereocenters. The summed E-state index contributed by atoms with van der Waals surface area (Å²) in [6.07, 6.45) is 8.57. The van der Waals surface area contributed by atoms with Crippen LogP contribution in [0, 0.1) is 18.3 Å². The Morgan fingerprint density at radius 3 is 2.13 bits per heavy atom. The van der Waals surface area contributed by atoms with Gasteiger partial charge in [-0.05, 0) is 74.4 Å². The van der Waals surface area contributed by atoms with Gasteiger partial charge < -0.3 is 4.90 Å². The lowest BCUT2D eigenvalue weighted by Crippen LogP contribution is -2.15. The van der Waals surface area contributed by atoms with Crippen molar-refractivity contribution in [3.8, 4) is 17.3 Å². The lowest BCUT2D eigenvalue weighted by molar-refractivity contribution is 0.430. The molecule has 1 aliphatic rings. The zero-order chi connectivity index (χ0) is 29.8. The van der Waals surface area contributed by atoms with Crippen molar-refractivity contribution in [1.82, 2.24) is 9.88 Å². The van der Waals surface area contributed by atoms with E-state index in [4.69, 9.17) is 5.26 Å². The maximum absolute atomic E-state index is 12.1. The highest BCUT2D eigenvalue weighted by atomic mass is 19.1. The van der Waals surface area contributed by atoms with Crippen molar-refractivity contribution in [2.75, 3.05) is 13.1 Å². The average molecular weight is 530 g/mol. The Hall–Kier alpha value is -3.71. The van der Waals surface area contributed by atoms with Crippen LogP contribution in [0.1, 0.15) is 83.5 Å². The van der Waals surface area contributed by atoms with Gasteiger partial charge in [0.05, 0.1) is 17.3 Å². The first-order valence-corrected chi connectivity index (χ1v) is 13.9. The van der Waals surface area contributed by atoms with Gasteiger partial charge in [0.2, 0.25) is 0 Å². The maximum Gasteiger partial charge on any atom is 0.116 e. The van der Waals surface area contributed by atoms with E-state index in [0.29, 0.717) is 5.56 Å². The number of hydrogen-bond acceptors (Lipinski definition) is 3. The summed E-state index contributed by atoms with van der Waals surface area (Å²) in [5.74, 6) is -0.400. The predicted molar refractivity (Wildman–Crippen MR) is 169 cm³/mol. The van der Waals surface area contributed by atoms with Crippen molar-refractivity contribution < 1.29 is 4.39 Å². The Balaban J connectivity index is 0.000000606. The van der Waals surface area contributed by atoms with Gasteiger partial charge in [0.1, 0.15) is 5.83 Å². The van der Waals surface area contributed by atoms with Gasteiger partial charge in [-0.3, -0.25) is 4.98 Å². The summed E-state index contributed by atoms with van der Waals surface area (Å²) in [7, 11) is 0. The molecule has 2 aromatic rings. The summed E-state index contributed by atoms with van der Waals surface area (Å²) in [5.41, 5.74) is 7.64. The molecule has 1 aromatic heterocycles. The van der Waals surface area contributed by atoms with E-state index >= 15 is 0 Å². The van der Waals surface area contributed by atoms with Crippen LogP contribution in [0.2, 0.25) is 0 Å². The third-order valence-corrected chi connectivity index (χ3v) is 6.01. The molecule has 2 heterocycles. The van der Waals surface area contributed by atoms with Crippen LogP contribution >= 0.6 is 0 Å². The third kappa shape index (κ3) is 13.1. The Kier molecular flexibility index (Phi) is 18.3. The molecule has 3 nitrogen and oxygen atoms in total. The highest BCUT2D eigenvalue weighted by molar-refractivity contribution is 5.71. The molecule has 1 aromatic carbocycles. The van der Waals surface area contributed by atoms with E-state index in [1.54, 1.807) is 6.08 Å². The Morgan fingerprint density at radius 2 is 1.69 bits per heavy atom. The van der Waals surface area contributed by atoms with E-state index in [2.05, 4.69) is 56.1 Å². The quantitative estimate of drug-likeness (QED) is 0.319. The smallest absolute Gasteiger partial charge is 0.116 e. The van der Waals surface area contributed by atoms with E-state index in [1.165, 1.54) is 37.7 Å². The maximum atomic E-state index is 12.1. The van der Waals surface area contributed by atoms with Crippen molar-refractivity contribution in [3.05, 3.63) is 109 Å². The second-order valence-electron chi connectivity index (χ2n) is 8.99. The largest absolute Gasteiger partial charge is 0.376 e. The van der Waals surface area contributed by atoms with Crippen LogP contribution in [0.25, 0.3) is 16.8 Å². The molecule has 0 N–H and O–H groups in total. The summed E-state index contributed by atoms with van der Waals surface area (Å²) in [6.45, 7) is 29.2. The number of hydrogen-bond donors (Lipinski definition) is 0. The number of nitriles is 1. The standard InChI is InChI=1S/C17H16N2.C9H13F.C7H13N.C2H6/c1-4-12(2)15-9-10-17(19-13(15)3)16-8-6-5-7-14(16)11-18;1-4-6-9(5-2)7-8(3)10;1-7(2)8-5-3-4-6-8;1-2/h5-10H,2,4H2,1,3H3;5,7H,2-4,6H2,1H3;1,3-6H2,2H3;1-2H3/b;9-7+;;. The number of benzene rings is 1. The lowest BCUT2D eigenvalue weighted by Gasteiger charge is -2.15. The van der Waals surface area contributed by atoms with Gasteiger partial charge in [-0.25, -0.2) is 4.39 Å². The number of rotatable bonds is 8. The van der Waals surface area contributed by atoms with Crippen LogP contribution in [-0.2, 0) is 0 Å². The minimum atomic E-state index is -0.400. The van der Waals surface area contributed by atoms with E-state index in [1.807, 2.05) is 64.1 Å². The average Bonchev–Trinajstić information content (AvgIpc) is 3.50. The van der Waals surface area contributed by atoms with E-state index in [9.17, 15) is 4.39 Å². The second-order valence-corrected chi connectivity index (χ2v) is 8.99. The van der Waals surface area contributed by atoms with E-state index < -0.39 is 5.83 Å². The SMILES string of the molecule is C=C(C)N1CCCC1.C=C(CC)c1ccc(-c2ccccc2C#N)nc1C.C=C/C(=C\C(=C)F)CCC.CC. The highest BCUT2D eigenvalue weighted by Crippen LogP contribution is 2.25. The zero-order valence-electron chi connectivity index (χ0n) is 25.1. The van der Waals surface area contributed by atoms with Gasteiger partial charge in [-0.15, -0.1) is 0 Å². The minimum Gasteiger partial charge on any atom is -0.376 e. The number of aromatic nitrogens is 1. The minimum absolute atomic E-state index is 0.400. The van der Waals surface area contributed by atoms with Gasteiger partial charge in [0.25, 0.3) is 0 Å². The molecular weight excluding hydrogens is 481 g/mol. The normalized spacial score (nSPS) is 11.8. The first-order valence-electron chi connectivity index (χ1n) is 13.9. The molecule has 39 heavy (non-hydrogen) atoms. The van der Waals surface area contributed by atoms with Crippen molar-refractivity contribution in [2.24, 2.45) is 0 Å². The molecule has 1 aliphatic heterocycles. The van der Waals surface area contributed by atoms with Crippen LogP contribution in [0.15, 0.2) is 92.0 Å². The summed E-state index contributed by atoms with van der Waals surface area (Å²) < 4.78 is 12.1. The Labute approximate surface area is 237 Å². The molecule has 210 valence electrons. The molecule has 1 fully saturated rings. The second kappa shape index (κ2) is 20.3. The molecule has 1 saturated heterocycles. The summed E-state index contributed by atoms with van der Waals surface area (Å²) in [6, 6.07) is 13.7. The molecule has 0 saturated carbocycles. The van der Waals surface area contributed by atoms with Crippen LogP contribution in [0.3, 0.4) is 0 Å². The predicted octanol–water partition coefficient (Wildman–Crippen LogP) is 10.4. The van der Waals surface area contributed by atoms with Crippen LogP contribution in [0.5, 0.6) is 0 Å². The third-order valence-electron chi connectivity index (χ3n) is 6.01. The number of nitrogens with zero attached hydrogens (tertiary/aromatic N) is 3. The first-order chi connectivity index (χ1) is 18.7. The highest BCUT2D eigenvalue weighted by Gasteiger charge is 2.09. The number of likely N-dealkylation sites (tertiary alicyclic amines) is 1. The molecular formula is C35H48FN3. The first kappa shape index (κ1) is 35.3. The van der Waals surface area contributed by atoms with Gasteiger partial charge in [0.15, 0.2) is 0 Å². The molecule has 0 spiro atoms. The monoisotopic (exact) mass is 529 g/mol. The fourth-order valence-electron chi connectivity index (χ4n) is 3.90. The molecule has 0 radical (unpaired) electrons. The molecule has 3 rings (SSSR count). The molecule has 0 atom stereocenters. The summed E-state index contributed by atoms with van der Waals surface area (Å²) in [5, 5.41) is 9.14. The number of allylic oxidation sites excluding steroid dienone is 6. The summed E-state index contributed by atoms with van der Waals surface area (Å²) >= 11 is 0. The van der Waals surface area contributed by atoms with Crippen LogP contribution in [-0.4, -0.2) is 23.0 Å². The molecule has 0 amide bonds. The Morgan fingerprint density at radius 1 is 1.08 bits per heavy atom. The van der Waals surface area contributed by atoms with Crippen molar-refractivity contribution in [3.63, 3.8) is 0 Å². The molecule has 4 heteroatoms. The van der Waals surface area contributed by atoms with Gasteiger partial charge in [0, 0.05) is 30.0 Å². The van der Waals surface area contributed by atoms with Gasteiger partial charge >= 0.3 is 0 Å². The zero-order valence-corrected chi connectivity index (χ0v) is 25.1. The van der Waals surface area contributed by atoms with Gasteiger partial charge in [-0.2, -0.15) is 5.26 Å². The molecule has 0 bridgehead atoms. The van der Waals surface area contributed by atoms with Crippen molar-refractivity contribution >= 4 is 5.57 Å². The molecule has 0 aliphatic carbocycles. The van der Waals surface area contributed by atoms with Crippen molar-refractivity contribution in [2.45, 2.75) is 73.6 Å². The fraction of sp³-hybridized carbons (Fsp3) is 0.371. The van der Waals surface area contributed by atoms with Crippen molar-refractivity contribution in [1.29, 1.82) is 5.26 Å². The lowest BCUT2D eigenvalue weighted by atomic mass is 10.0. The van der Waals surface area contributed by atoms with Crippen LogP contribution < -0.4 is 0 Å². The van der Waals surface area contributed by atoms with E-state index in [0.717, 1.165) is 52.9 Å².